The predicted molar refractivity (Wildman–Crippen MR) is 172 cm³/mol. The summed E-state index contributed by atoms with van der Waals surface area (Å²) in [6.45, 7) is 0. The van der Waals surface area contributed by atoms with E-state index in [0.717, 1.165) is 21.2 Å². The van der Waals surface area contributed by atoms with Gasteiger partial charge in [-0.25, -0.2) is 4.39 Å². The zero-order valence-electron chi connectivity index (χ0n) is 22.6. The molecule has 0 heterocycles. The van der Waals surface area contributed by atoms with Gasteiger partial charge in [0.05, 0.1) is 10.8 Å². The van der Waals surface area contributed by atoms with Crippen molar-refractivity contribution < 1.29 is 18.8 Å². The van der Waals surface area contributed by atoms with Crippen molar-refractivity contribution in [2.75, 3.05) is 16.4 Å². The van der Waals surface area contributed by atoms with Crippen LogP contribution in [0.25, 0.3) is 16.8 Å². The molecular formula is C34H25ClFN3O3S. The van der Waals surface area contributed by atoms with Crippen molar-refractivity contribution >= 4 is 69.3 Å². The second-order valence-electron chi connectivity index (χ2n) is 9.39. The molecule has 3 amide bonds. The van der Waals surface area contributed by atoms with Gasteiger partial charge in [0.2, 0.25) is 5.91 Å². The summed E-state index contributed by atoms with van der Waals surface area (Å²) in [5.74, 6) is -1.72. The first-order valence-electron chi connectivity index (χ1n) is 13.2. The lowest BCUT2D eigenvalue weighted by molar-refractivity contribution is -0.114. The van der Waals surface area contributed by atoms with E-state index in [1.54, 1.807) is 48.5 Å². The molecule has 5 aromatic rings. The molecule has 5 rings (SSSR count). The molecule has 0 aromatic heterocycles. The molecule has 0 bridgehead atoms. The van der Waals surface area contributed by atoms with Crippen molar-refractivity contribution in [1.82, 2.24) is 5.32 Å². The largest absolute Gasteiger partial charge is 0.325 e. The summed E-state index contributed by atoms with van der Waals surface area (Å²) in [6, 6.07) is 33.2. The topological polar surface area (TPSA) is 87.3 Å². The van der Waals surface area contributed by atoms with Gasteiger partial charge in [0.1, 0.15) is 11.5 Å². The number of anilines is 2. The lowest BCUT2D eigenvalue weighted by atomic mass is 10.0. The molecule has 0 fully saturated rings. The van der Waals surface area contributed by atoms with Gasteiger partial charge in [-0.3, -0.25) is 14.4 Å². The van der Waals surface area contributed by atoms with E-state index in [9.17, 15) is 18.8 Å². The summed E-state index contributed by atoms with van der Waals surface area (Å²) < 4.78 is 13.4. The fourth-order valence-corrected chi connectivity index (χ4v) is 5.19. The van der Waals surface area contributed by atoms with Crippen LogP contribution in [-0.4, -0.2) is 23.5 Å². The van der Waals surface area contributed by atoms with Crippen molar-refractivity contribution in [2.45, 2.75) is 4.90 Å². The molecule has 0 aliphatic heterocycles. The number of amides is 3. The SMILES string of the molecule is O=C(CSc1cccc(NC(=O)/C(=C\c2cccc3ccccc23)NC(=O)c2ccccc2)c1)Nc1ccc(F)c(Cl)c1. The highest BCUT2D eigenvalue weighted by Crippen LogP contribution is 2.25. The summed E-state index contributed by atoms with van der Waals surface area (Å²) in [4.78, 5) is 39.8. The van der Waals surface area contributed by atoms with Crippen LogP contribution in [0.15, 0.2) is 126 Å². The highest BCUT2D eigenvalue weighted by molar-refractivity contribution is 8.00. The van der Waals surface area contributed by atoms with E-state index in [1.165, 1.54) is 30.0 Å². The number of nitrogens with one attached hydrogen (secondary N) is 3. The van der Waals surface area contributed by atoms with Crippen molar-refractivity contribution in [3.63, 3.8) is 0 Å². The molecule has 0 aliphatic rings. The third-order valence-corrected chi connectivity index (χ3v) is 7.60. The van der Waals surface area contributed by atoms with Gasteiger partial charge >= 0.3 is 0 Å². The molecule has 0 atom stereocenters. The number of fused-ring (bicyclic) bond motifs is 1. The Morgan fingerprint density at radius 1 is 0.767 bits per heavy atom. The first-order valence-corrected chi connectivity index (χ1v) is 14.6. The molecule has 6 nitrogen and oxygen atoms in total. The van der Waals surface area contributed by atoms with Crippen LogP contribution in [0.2, 0.25) is 5.02 Å². The van der Waals surface area contributed by atoms with Crippen LogP contribution in [0, 0.1) is 5.82 Å². The zero-order chi connectivity index (χ0) is 30.2. The normalized spacial score (nSPS) is 11.2. The second kappa shape index (κ2) is 13.8. The maximum absolute atomic E-state index is 13.5. The molecule has 214 valence electrons. The Balaban J connectivity index is 1.32. The molecule has 0 saturated carbocycles. The molecule has 5 aromatic carbocycles. The third-order valence-electron chi connectivity index (χ3n) is 6.32. The molecular weight excluding hydrogens is 585 g/mol. The number of thioether (sulfide) groups is 1. The molecule has 9 heteroatoms. The maximum atomic E-state index is 13.5. The summed E-state index contributed by atoms with van der Waals surface area (Å²) in [7, 11) is 0. The van der Waals surface area contributed by atoms with E-state index in [-0.39, 0.29) is 22.4 Å². The molecule has 0 aliphatic carbocycles. The van der Waals surface area contributed by atoms with Gasteiger partial charge in [0.25, 0.3) is 11.8 Å². The van der Waals surface area contributed by atoms with E-state index in [2.05, 4.69) is 16.0 Å². The van der Waals surface area contributed by atoms with Crippen LogP contribution in [0.4, 0.5) is 15.8 Å². The van der Waals surface area contributed by atoms with E-state index in [0.29, 0.717) is 16.9 Å². The molecule has 43 heavy (non-hydrogen) atoms. The summed E-state index contributed by atoms with van der Waals surface area (Å²) in [5, 5.41) is 10.2. The molecule has 3 N–H and O–H groups in total. The van der Waals surface area contributed by atoms with Crippen molar-refractivity contribution in [3.8, 4) is 0 Å². The van der Waals surface area contributed by atoms with Crippen LogP contribution in [0.3, 0.4) is 0 Å². The monoisotopic (exact) mass is 609 g/mol. The van der Waals surface area contributed by atoms with E-state index in [1.807, 2.05) is 54.6 Å². The zero-order valence-corrected chi connectivity index (χ0v) is 24.2. The fraction of sp³-hybridized carbons (Fsp3) is 0.0294. The van der Waals surface area contributed by atoms with Crippen molar-refractivity contribution in [3.05, 3.63) is 143 Å². The van der Waals surface area contributed by atoms with E-state index in [4.69, 9.17) is 11.6 Å². The van der Waals surface area contributed by atoms with Gasteiger partial charge in [-0.1, -0.05) is 78.3 Å². The predicted octanol–water partition coefficient (Wildman–Crippen LogP) is 7.77. The van der Waals surface area contributed by atoms with Crippen LogP contribution < -0.4 is 16.0 Å². The molecule has 0 spiro atoms. The van der Waals surface area contributed by atoms with Crippen molar-refractivity contribution in [2.24, 2.45) is 0 Å². The van der Waals surface area contributed by atoms with Crippen LogP contribution >= 0.6 is 23.4 Å². The van der Waals surface area contributed by atoms with Gasteiger partial charge in [-0.15, -0.1) is 11.8 Å². The lowest BCUT2D eigenvalue weighted by Crippen LogP contribution is -2.30. The fourth-order valence-electron chi connectivity index (χ4n) is 4.26. The first-order chi connectivity index (χ1) is 20.9. The highest BCUT2D eigenvalue weighted by Gasteiger charge is 2.16. The number of benzene rings is 5. The number of carbonyl (C=O) groups excluding carboxylic acids is 3. The molecule has 0 unspecified atom stereocenters. The lowest BCUT2D eigenvalue weighted by Gasteiger charge is -2.13. The number of hydrogen-bond acceptors (Lipinski definition) is 4. The number of hydrogen-bond donors (Lipinski definition) is 3. The third kappa shape index (κ3) is 7.88. The Morgan fingerprint density at radius 3 is 2.30 bits per heavy atom. The van der Waals surface area contributed by atoms with Gasteiger partial charge < -0.3 is 16.0 Å². The average Bonchev–Trinajstić information content (AvgIpc) is 3.02. The second-order valence-corrected chi connectivity index (χ2v) is 10.9. The standard InChI is InChI=1S/C34H25ClFN3O3S/c35-29-20-26(16-17-30(29)36)37-32(40)21-43-27-14-7-13-25(19-27)38-34(42)31(39-33(41)23-9-2-1-3-10-23)18-24-12-6-11-22-8-4-5-15-28(22)24/h1-20H,21H2,(H,37,40)(H,38,42)(H,39,41)/b31-18+. The Bertz CT molecular complexity index is 1840. The smallest absolute Gasteiger partial charge is 0.272 e. The Labute approximate surface area is 257 Å². The quantitative estimate of drug-likeness (QED) is 0.118. The van der Waals surface area contributed by atoms with Gasteiger partial charge in [0, 0.05) is 21.8 Å². The summed E-state index contributed by atoms with van der Waals surface area (Å²) in [6.07, 6.45) is 1.66. The van der Waals surface area contributed by atoms with Gasteiger partial charge in [-0.05, 0) is 70.9 Å². The Morgan fingerprint density at radius 2 is 1.49 bits per heavy atom. The Kier molecular flexibility index (Phi) is 9.51. The average molecular weight is 610 g/mol. The van der Waals surface area contributed by atoms with Gasteiger partial charge in [0.15, 0.2) is 0 Å². The number of halogens is 2. The minimum absolute atomic E-state index is 0.0700. The highest BCUT2D eigenvalue weighted by atomic mass is 35.5. The van der Waals surface area contributed by atoms with E-state index >= 15 is 0 Å². The maximum Gasteiger partial charge on any atom is 0.272 e. The van der Waals surface area contributed by atoms with E-state index < -0.39 is 17.6 Å². The van der Waals surface area contributed by atoms with Crippen LogP contribution in [0.1, 0.15) is 15.9 Å². The minimum Gasteiger partial charge on any atom is -0.325 e. The van der Waals surface area contributed by atoms with Crippen LogP contribution in [0.5, 0.6) is 0 Å². The van der Waals surface area contributed by atoms with Crippen molar-refractivity contribution in [1.29, 1.82) is 0 Å². The molecule has 0 saturated heterocycles. The first kappa shape index (κ1) is 29.6. The molecule has 0 radical (unpaired) electrons. The summed E-state index contributed by atoms with van der Waals surface area (Å²) in [5.41, 5.74) is 2.13. The summed E-state index contributed by atoms with van der Waals surface area (Å²) >= 11 is 7.05. The number of carbonyl (C=O) groups is 3. The number of rotatable bonds is 9. The van der Waals surface area contributed by atoms with Gasteiger partial charge in [-0.2, -0.15) is 0 Å². The minimum atomic E-state index is -0.567. The van der Waals surface area contributed by atoms with Crippen LogP contribution in [-0.2, 0) is 9.59 Å². The Hall–Kier alpha value is -4.92.